The van der Waals surface area contributed by atoms with Crippen LogP contribution in [0.5, 0.6) is 0 Å². The molecule has 0 radical (unpaired) electrons. The summed E-state index contributed by atoms with van der Waals surface area (Å²) >= 11 is 1.82. The number of aliphatic hydroxyl groups is 1. The topological polar surface area (TPSA) is 33.1 Å². The summed E-state index contributed by atoms with van der Waals surface area (Å²) < 4.78 is 0. The fourth-order valence-corrected chi connectivity index (χ4v) is 4.32. The zero-order chi connectivity index (χ0) is 12.1. The van der Waals surface area contributed by atoms with Crippen molar-refractivity contribution < 1.29 is 5.11 Å². The van der Waals surface area contributed by atoms with Crippen molar-refractivity contribution in [2.24, 2.45) is 0 Å². The van der Waals surface area contributed by atoms with Gasteiger partial charge in [0.05, 0.1) is 11.8 Å². The molecule has 1 aromatic heterocycles. The largest absolute Gasteiger partial charge is 0.387 e. The lowest BCUT2D eigenvalue weighted by molar-refractivity contribution is 0.152. The maximum atomic E-state index is 9.99. The summed E-state index contributed by atoms with van der Waals surface area (Å²) in [7, 11) is 0. The third-order valence-corrected chi connectivity index (χ3v) is 5.34. The molecule has 1 heterocycles. The zero-order valence-electron chi connectivity index (χ0n) is 10.1. The first-order valence-electron chi connectivity index (χ1n) is 6.58. The van der Waals surface area contributed by atoms with Crippen LogP contribution in [-0.2, 0) is 12.8 Å². The standard InChI is InChI=1S/C15H15NOS/c17-12-6-3-7-13-14(12)16-15(18-13)11-8-9-4-1-2-5-10(9)11/h1-2,4-5,11-12,17H,3,6-8H2. The molecule has 3 heteroatoms. The van der Waals surface area contributed by atoms with Gasteiger partial charge in [0.2, 0.25) is 0 Å². The van der Waals surface area contributed by atoms with E-state index in [1.54, 1.807) is 0 Å². The van der Waals surface area contributed by atoms with Crippen LogP contribution in [-0.4, -0.2) is 10.1 Å². The molecule has 0 spiro atoms. The van der Waals surface area contributed by atoms with Crippen molar-refractivity contribution in [3.05, 3.63) is 51.0 Å². The summed E-state index contributed by atoms with van der Waals surface area (Å²) in [6.45, 7) is 0. The van der Waals surface area contributed by atoms with Crippen molar-refractivity contribution >= 4 is 11.3 Å². The van der Waals surface area contributed by atoms with Crippen LogP contribution < -0.4 is 0 Å². The monoisotopic (exact) mass is 257 g/mol. The van der Waals surface area contributed by atoms with E-state index in [2.05, 4.69) is 24.3 Å². The van der Waals surface area contributed by atoms with E-state index in [9.17, 15) is 5.11 Å². The molecule has 2 aliphatic rings. The molecule has 1 N–H and O–H groups in total. The van der Waals surface area contributed by atoms with Crippen LogP contribution in [0, 0.1) is 0 Å². The molecule has 0 saturated heterocycles. The first kappa shape index (κ1) is 10.7. The van der Waals surface area contributed by atoms with E-state index < -0.39 is 0 Å². The average Bonchev–Trinajstić information content (AvgIpc) is 2.76. The molecule has 2 aromatic rings. The van der Waals surface area contributed by atoms with Gasteiger partial charge in [-0.05, 0) is 36.8 Å². The molecule has 0 amide bonds. The molecule has 4 rings (SSSR count). The van der Waals surface area contributed by atoms with Gasteiger partial charge in [-0.2, -0.15) is 0 Å². The van der Waals surface area contributed by atoms with Gasteiger partial charge in [-0.3, -0.25) is 0 Å². The fourth-order valence-electron chi connectivity index (χ4n) is 3.04. The predicted molar refractivity (Wildman–Crippen MR) is 72.0 cm³/mol. The molecule has 0 fully saturated rings. The predicted octanol–water partition coefficient (Wildman–Crippen LogP) is 3.20. The lowest BCUT2D eigenvalue weighted by atomic mass is 9.78. The minimum absolute atomic E-state index is 0.325. The van der Waals surface area contributed by atoms with Gasteiger partial charge in [0.25, 0.3) is 0 Å². The second kappa shape index (κ2) is 3.90. The van der Waals surface area contributed by atoms with Crippen molar-refractivity contribution in [1.29, 1.82) is 0 Å². The third-order valence-electron chi connectivity index (χ3n) is 4.09. The summed E-state index contributed by atoms with van der Waals surface area (Å²) in [5.41, 5.74) is 3.85. The van der Waals surface area contributed by atoms with E-state index in [0.29, 0.717) is 5.92 Å². The summed E-state index contributed by atoms with van der Waals surface area (Å²) in [5.74, 6) is 0.476. The lowest BCUT2D eigenvalue weighted by Crippen LogP contribution is -2.17. The molecular formula is C15H15NOS. The van der Waals surface area contributed by atoms with Gasteiger partial charge in [0.1, 0.15) is 5.01 Å². The van der Waals surface area contributed by atoms with E-state index in [1.165, 1.54) is 21.0 Å². The van der Waals surface area contributed by atoms with E-state index in [1.807, 2.05) is 11.3 Å². The zero-order valence-corrected chi connectivity index (χ0v) is 10.9. The molecule has 2 atom stereocenters. The average molecular weight is 257 g/mol. The van der Waals surface area contributed by atoms with E-state index >= 15 is 0 Å². The number of thiazole rings is 1. The summed E-state index contributed by atoms with van der Waals surface area (Å²) in [5, 5.41) is 11.2. The Morgan fingerprint density at radius 1 is 1.28 bits per heavy atom. The van der Waals surface area contributed by atoms with E-state index in [0.717, 1.165) is 31.4 Å². The van der Waals surface area contributed by atoms with Crippen LogP contribution in [0.15, 0.2) is 24.3 Å². The van der Waals surface area contributed by atoms with Gasteiger partial charge in [-0.15, -0.1) is 11.3 Å². The highest BCUT2D eigenvalue weighted by Crippen LogP contribution is 2.44. The molecule has 18 heavy (non-hydrogen) atoms. The second-order valence-electron chi connectivity index (χ2n) is 5.22. The molecule has 1 aromatic carbocycles. The normalized spacial score (nSPS) is 25.2. The van der Waals surface area contributed by atoms with Gasteiger partial charge in [0, 0.05) is 10.8 Å². The molecule has 0 saturated carbocycles. The molecule has 0 aliphatic heterocycles. The first-order chi connectivity index (χ1) is 8.83. The minimum atomic E-state index is -0.325. The lowest BCUT2D eigenvalue weighted by Gasteiger charge is -2.28. The molecule has 0 bridgehead atoms. The van der Waals surface area contributed by atoms with Gasteiger partial charge in [-0.1, -0.05) is 24.3 Å². The number of benzene rings is 1. The molecular weight excluding hydrogens is 242 g/mol. The Bertz CT molecular complexity index is 604. The van der Waals surface area contributed by atoms with Crippen LogP contribution in [0.2, 0.25) is 0 Å². The Kier molecular flexibility index (Phi) is 2.32. The number of aryl methyl sites for hydroxylation is 1. The number of aliphatic hydroxyl groups excluding tert-OH is 1. The number of rotatable bonds is 1. The van der Waals surface area contributed by atoms with Crippen molar-refractivity contribution in [3.63, 3.8) is 0 Å². The Morgan fingerprint density at radius 2 is 2.17 bits per heavy atom. The highest BCUT2D eigenvalue weighted by atomic mass is 32.1. The number of hydrogen-bond acceptors (Lipinski definition) is 3. The Balaban J connectivity index is 1.72. The second-order valence-corrected chi connectivity index (χ2v) is 6.34. The first-order valence-corrected chi connectivity index (χ1v) is 7.40. The van der Waals surface area contributed by atoms with Gasteiger partial charge in [-0.25, -0.2) is 4.98 Å². The van der Waals surface area contributed by atoms with E-state index in [-0.39, 0.29) is 6.10 Å². The van der Waals surface area contributed by atoms with Crippen LogP contribution in [0.3, 0.4) is 0 Å². The SMILES string of the molecule is OC1CCCc2sc(C3Cc4ccccc43)nc21. The smallest absolute Gasteiger partial charge is 0.101 e. The summed E-state index contributed by atoms with van der Waals surface area (Å²) in [6.07, 6.45) is 3.85. The van der Waals surface area contributed by atoms with Crippen molar-refractivity contribution in [1.82, 2.24) is 4.98 Å². The number of aromatic nitrogens is 1. The van der Waals surface area contributed by atoms with Crippen molar-refractivity contribution in [2.75, 3.05) is 0 Å². The molecule has 2 nitrogen and oxygen atoms in total. The molecule has 2 aliphatic carbocycles. The van der Waals surface area contributed by atoms with Gasteiger partial charge in [0.15, 0.2) is 0 Å². The number of fused-ring (bicyclic) bond motifs is 2. The van der Waals surface area contributed by atoms with Crippen molar-refractivity contribution in [3.8, 4) is 0 Å². The molecule has 2 unspecified atom stereocenters. The molecule has 92 valence electrons. The van der Waals surface area contributed by atoms with Crippen LogP contribution in [0.4, 0.5) is 0 Å². The maximum absolute atomic E-state index is 9.99. The fraction of sp³-hybridized carbons (Fsp3) is 0.400. The van der Waals surface area contributed by atoms with Gasteiger partial charge >= 0.3 is 0 Å². The van der Waals surface area contributed by atoms with Crippen LogP contribution >= 0.6 is 11.3 Å². The Hall–Kier alpha value is -1.19. The number of hydrogen-bond donors (Lipinski definition) is 1. The van der Waals surface area contributed by atoms with E-state index in [4.69, 9.17) is 4.98 Å². The third kappa shape index (κ3) is 1.47. The Labute approximate surface area is 110 Å². The minimum Gasteiger partial charge on any atom is -0.387 e. The highest BCUT2D eigenvalue weighted by molar-refractivity contribution is 7.11. The number of nitrogens with zero attached hydrogens (tertiary/aromatic N) is 1. The Morgan fingerprint density at radius 3 is 3.00 bits per heavy atom. The van der Waals surface area contributed by atoms with Crippen molar-refractivity contribution in [2.45, 2.75) is 37.7 Å². The van der Waals surface area contributed by atoms with Crippen LogP contribution in [0.25, 0.3) is 0 Å². The maximum Gasteiger partial charge on any atom is 0.101 e. The summed E-state index contributed by atoms with van der Waals surface area (Å²) in [4.78, 5) is 6.03. The quantitative estimate of drug-likeness (QED) is 0.851. The van der Waals surface area contributed by atoms with Gasteiger partial charge < -0.3 is 5.11 Å². The highest BCUT2D eigenvalue weighted by Gasteiger charge is 2.32. The summed E-state index contributed by atoms with van der Waals surface area (Å²) in [6, 6.07) is 8.62. The van der Waals surface area contributed by atoms with Crippen LogP contribution in [0.1, 0.15) is 51.6 Å².